The van der Waals surface area contributed by atoms with Crippen molar-refractivity contribution >= 4 is 47.4 Å². The van der Waals surface area contributed by atoms with E-state index < -0.39 is 103 Å². The van der Waals surface area contributed by atoms with Crippen LogP contribution in [-0.4, -0.2) is 107 Å². The zero-order valence-corrected chi connectivity index (χ0v) is 27.6. The molecule has 47 heavy (non-hydrogen) atoms. The molecule has 0 aromatic rings. The smallest absolute Gasteiger partial charge is 0.326 e. The molecule has 0 radical (unpaired) electrons. The highest BCUT2D eigenvalue weighted by molar-refractivity contribution is 5.96. The van der Waals surface area contributed by atoms with Crippen LogP contribution in [0, 0.1) is 11.8 Å². The van der Waals surface area contributed by atoms with Crippen molar-refractivity contribution in [2.24, 2.45) is 39.8 Å². The lowest BCUT2D eigenvalue weighted by Crippen LogP contribution is -2.59. The van der Waals surface area contributed by atoms with Gasteiger partial charge in [0.1, 0.15) is 30.2 Å². The van der Waals surface area contributed by atoms with Crippen LogP contribution in [0.3, 0.4) is 0 Å². The number of nitrogens with zero attached hydrogens (tertiary/aromatic N) is 1. The lowest BCUT2D eigenvalue weighted by molar-refractivity contribution is -0.143. The summed E-state index contributed by atoms with van der Waals surface area (Å²) < 4.78 is 0. The number of carbonyl (C=O) groups excluding carboxylic acids is 6. The SMILES string of the molecule is CC[C@H](C)[C@H](NC(=O)CNC(=O)[C@H](CC(N)=O)NC(=O)[C@@H](N)[C@@H](C)O)C(=O)N[C@H](C(=O)N[C@@H](CCCN=C(N)N)C(=O)O)[C@@H](C)CC. The number of nitrogens with one attached hydrogen (secondary N) is 5. The summed E-state index contributed by atoms with van der Waals surface area (Å²) in [5, 5.41) is 31.2. The van der Waals surface area contributed by atoms with E-state index in [4.69, 9.17) is 22.9 Å². The third-order valence-electron chi connectivity index (χ3n) is 7.45. The molecule has 0 spiro atoms. The van der Waals surface area contributed by atoms with Crippen LogP contribution in [0.1, 0.15) is 66.7 Å². The predicted molar refractivity (Wildman–Crippen MR) is 171 cm³/mol. The second kappa shape index (κ2) is 21.3. The van der Waals surface area contributed by atoms with E-state index in [1.807, 2.05) is 0 Å². The first-order valence-electron chi connectivity index (χ1n) is 15.3. The van der Waals surface area contributed by atoms with Crippen LogP contribution in [0.25, 0.3) is 0 Å². The van der Waals surface area contributed by atoms with Crippen LogP contribution in [-0.2, 0) is 33.6 Å². The maximum atomic E-state index is 13.4. The molecule has 0 aromatic carbocycles. The predicted octanol–water partition coefficient (Wildman–Crippen LogP) is -4.14. The Bertz CT molecular complexity index is 1130. The number of aliphatic imine (C=N–C) groups is 1. The summed E-state index contributed by atoms with van der Waals surface area (Å²) >= 11 is 0. The van der Waals surface area contributed by atoms with Crippen LogP contribution >= 0.6 is 0 Å². The van der Waals surface area contributed by atoms with Crippen molar-refractivity contribution in [2.75, 3.05) is 13.1 Å². The fourth-order valence-electron chi connectivity index (χ4n) is 4.08. The molecule has 0 rings (SSSR count). The number of carbonyl (C=O) groups is 7. The molecule has 0 fully saturated rings. The Balaban J connectivity index is 5.66. The van der Waals surface area contributed by atoms with E-state index in [1.54, 1.807) is 27.7 Å². The van der Waals surface area contributed by atoms with Gasteiger partial charge in [0, 0.05) is 6.54 Å². The fraction of sp³-hybridized carbons (Fsp3) is 0.714. The van der Waals surface area contributed by atoms with Gasteiger partial charge in [0.05, 0.1) is 19.1 Å². The third kappa shape index (κ3) is 16.0. The quantitative estimate of drug-likeness (QED) is 0.0297. The molecule has 0 aliphatic rings. The molecule has 0 bridgehead atoms. The van der Waals surface area contributed by atoms with Gasteiger partial charge in [0.15, 0.2) is 5.96 Å². The summed E-state index contributed by atoms with van der Waals surface area (Å²) in [7, 11) is 0. The summed E-state index contributed by atoms with van der Waals surface area (Å²) in [5.41, 5.74) is 21.3. The molecule has 0 aliphatic heterocycles. The van der Waals surface area contributed by atoms with Crippen molar-refractivity contribution in [1.29, 1.82) is 0 Å². The Morgan fingerprint density at radius 1 is 0.745 bits per heavy atom. The van der Waals surface area contributed by atoms with Crippen LogP contribution in [0.5, 0.6) is 0 Å². The first-order valence-corrected chi connectivity index (χ1v) is 15.3. The van der Waals surface area contributed by atoms with E-state index in [0.29, 0.717) is 12.8 Å². The second-order valence-corrected chi connectivity index (χ2v) is 11.4. The van der Waals surface area contributed by atoms with Crippen molar-refractivity contribution < 1.29 is 43.8 Å². The molecule has 19 nitrogen and oxygen atoms in total. The van der Waals surface area contributed by atoms with Crippen molar-refractivity contribution in [3.05, 3.63) is 0 Å². The van der Waals surface area contributed by atoms with Crippen LogP contribution < -0.4 is 49.5 Å². The minimum absolute atomic E-state index is 0.0215. The first-order chi connectivity index (χ1) is 21.9. The topological polar surface area (TPSA) is 337 Å². The maximum absolute atomic E-state index is 13.4. The van der Waals surface area contributed by atoms with Crippen molar-refractivity contribution in [2.45, 2.75) is 103 Å². The molecular weight excluding hydrogens is 620 g/mol. The average molecular weight is 673 g/mol. The molecule has 15 N–H and O–H groups in total. The fourth-order valence-corrected chi connectivity index (χ4v) is 4.08. The molecule has 0 saturated carbocycles. The number of amides is 6. The molecule has 268 valence electrons. The molecule has 0 aromatic heterocycles. The Labute approximate surface area is 273 Å². The van der Waals surface area contributed by atoms with Gasteiger partial charge in [-0.15, -0.1) is 0 Å². The standard InChI is InChI=1S/C28H52N10O9/c1-6-13(3)21(37-19(41)12-34-23(42)17(11-18(29)40)36-24(43)20(30)15(5)39)26(45)38-22(14(4)7-2)25(44)35-16(27(46)47)9-8-10-33-28(31)32/h13-17,20-22,39H,6-12,30H2,1-5H3,(H2,29,40)(H,34,42)(H,35,44)(H,36,43)(H,37,41)(H,38,45)(H,46,47)(H4,31,32,33)/t13-,14-,15+,16-,17-,20-,21-,22-/m0/s1. The van der Waals surface area contributed by atoms with E-state index in [0.717, 1.165) is 0 Å². The number of rotatable bonds is 22. The minimum atomic E-state index is -1.50. The van der Waals surface area contributed by atoms with Gasteiger partial charge < -0.3 is 59.7 Å². The molecule has 0 aliphatic carbocycles. The van der Waals surface area contributed by atoms with Gasteiger partial charge in [0.25, 0.3) is 0 Å². The highest BCUT2D eigenvalue weighted by atomic mass is 16.4. The number of carboxylic acids is 1. The monoisotopic (exact) mass is 672 g/mol. The van der Waals surface area contributed by atoms with Crippen LogP contribution in [0.4, 0.5) is 0 Å². The Morgan fingerprint density at radius 3 is 1.72 bits per heavy atom. The van der Waals surface area contributed by atoms with Crippen molar-refractivity contribution in [1.82, 2.24) is 26.6 Å². The van der Waals surface area contributed by atoms with E-state index in [-0.39, 0.29) is 25.3 Å². The molecule has 0 unspecified atom stereocenters. The number of hydrogen-bond donors (Lipinski definition) is 11. The number of aliphatic hydroxyl groups excluding tert-OH is 1. The highest BCUT2D eigenvalue weighted by Crippen LogP contribution is 2.13. The average Bonchev–Trinajstić information content (AvgIpc) is 3.00. The number of carboxylic acid groups (broad SMARTS) is 1. The van der Waals surface area contributed by atoms with Crippen molar-refractivity contribution in [3.8, 4) is 0 Å². The van der Waals surface area contributed by atoms with Gasteiger partial charge in [-0.3, -0.25) is 33.8 Å². The normalized spacial score (nSPS) is 16.0. The van der Waals surface area contributed by atoms with Crippen LogP contribution in [0.15, 0.2) is 4.99 Å². The van der Waals surface area contributed by atoms with Gasteiger partial charge in [-0.2, -0.15) is 0 Å². The van der Waals surface area contributed by atoms with Gasteiger partial charge in [-0.25, -0.2) is 4.79 Å². The van der Waals surface area contributed by atoms with Crippen molar-refractivity contribution in [3.63, 3.8) is 0 Å². The van der Waals surface area contributed by atoms with Crippen LogP contribution in [0.2, 0.25) is 0 Å². The zero-order chi connectivity index (χ0) is 36.4. The molecule has 0 heterocycles. The maximum Gasteiger partial charge on any atom is 0.326 e. The molecule has 8 atom stereocenters. The second-order valence-electron chi connectivity index (χ2n) is 11.4. The number of aliphatic carboxylic acids is 1. The molecule has 6 amide bonds. The minimum Gasteiger partial charge on any atom is -0.480 e. The van der Waals surface area contributed by atoms with Gasteiger partial charge >= 0.3 is 5.97 Å². The third-order valence-corrected chi connectivity index (χ3v) is 7.45. The number of aliphatic hydroxyl groups is 1. The lowest BCUT2D eigenvalue weighted by Gasteiger charge is -2.29. The lowest BCUT2D eigenvalue weighted by atomic mass is 9.94. The summed E-state index contributed by atoms with van der Waals surface area (Å²) in [6, 6.07) is -6.49. The highest BCUT2D eigenvalue weighted by Gasteiger charge is 2.34. The Kier molecular flexibility index (Phi) is 19.3. The first kappa shape index (κ1) is 42.5. The summed E-state index contributed by atoms with van der Waals surface area (Å²) in [6.07, 6.45) is -0.724. The van der Waals surface area contributed by atoms with E-state index in [1.165, 1.54) is 6.92 Å². The van der Waals surface area contributed by atoms with Gasteiger partial charge in [-0.05, 0) is 31.6 Å². The number of nitrogens with two attached hydrogens (primary N) is 4. The molecule has 0 saturated heterocycles. The van der Waals surface area contributed by atoms with Gasteiger partial charge in [-0.1, -0.05) is 40.5 Å². The zero-order valence-electron chi connectivity index (χ0n) is 27.6. The summed E-state index contributed by atoms with van der Waals surface area (Å²) in [5.74, 6) is -7.38. The Hall–Kier alpha value is -4.52. The number of guanidine groups is 1. The number of primary amides is 1. The van der Waals surface area contributed by atoms with E-state index >= 15 is 0 Å². The van der Waals surface area contributed by atoms with Gasteiger partial charge in [0.2, 0.25) is 35.4 Å². The molecular formula is C28H52N10O9. The van der Waals surface area contributed by atoms with E-state index in [9.17, 15) is 43.8 Å². The van der Waals surface area contributed by atoms with E-state index in [2.05, 4.69) is 31.6 Å². The molecule has 19 heteroatoms. The number of hydrogen-bond acceptors (Lipinski definition) is 10. The summed E-state index contributed by atoms with van der Waals surface area (Å²) in [4.78, 5) is 91.4. The largest absolute Gasteiger partial charge is 0.480 e. The summed E-state index contributed by atoms with van der Waals surface area (Å²) in [6.45, 7) is 7.67. The Morgan fingerprint density at radius 2 is 1.26 bits per heavy atom.